The van der Waals surface area contributed by atoms with Gasteiger partial charge in [0.25, 0.3) is 7.82 Å². The van der Waals surface area contributed by atoms with E-state index in [0.717, 1.165) is 180 Å². The van der Waals surface area contributed by atoms with Crippen LogP contribution in [0.4, 0.5) is 0 Å². The first-order chi connectivity index (χ1) is 46.0. The molecular weight excluding hydrogens is 1180 g/mol. The quantitative estimate of drug-likeness (QED) is 0.0195. The van der Waals surface area contributed by atoms with Gasteiger partial charge < -0.3 is 27.9 Å². The summed E-state index contributed by atoms with van der Waals surface area (Å²) in [6, 6.07) is 0. The van der Waals surface area contributed by atoms with Gasteiger partial charge in [0.15, 0.2) is 6.10 Å². The molecule has 0 heterocycles. The molecule has 0 aromatic rings. The third kappa shape index (κ3) is 74.8. The number of hydrogen-bond donors (Lipinski definition) is 0. The van der Waals surface area contributed by atoms with Gasteiger partial charge in [-0.15, -0.1) is 0 Å². The largest absolute Gasteiger partial charge is 0.756 e. The van der Waals surface area contributed by atoms with Gasteiger partial charge in [0, 0.05) is 12.8 Å². The van der Waals surface area contributed by atoms with Gasteiger partial charge in [-0.05, 0) is 167 Å². The highest BCUT2D eigenvalue weighted by atomic mass is 31.2. The van der Waals surface area contributed by atoms with Crippen molar-refractivity contribution in [1.29, 1.82) is 0 Å². The zero-order valence-corrected chi connectivity index (χ0v) is 60.2. The number of rotatable bonds is 62. The number of phosphoric ester groups is 1. The van der Waals surface area contributed by atoms with E-state index in [4.69, 9.17) is 18.5 Å². The molecule has 0 aromatic carbocycles. The van der Waals surface area contributed by atoms with Crippen molar-refractivity contribution in [3.8, 4) is 0 Å². The SMILES string of the molecule is CC/C=C\C/C=C\C/C=C\C/C=C\C/C=C\C/C=C\C/C=C\C/C=C\C/C=C\C/C=C\CCCCCCC(=O)OCC(COP(=O)([O-])OCC[N+](C)(C)C)OC(=O)CCCCCC/C=C\C/C=C\C/C=C\C/C=C\C/C=C\C/C=C\C/C=C\C/C=C\C/C=C\C/C=C\CC. The van der Waals surface area contributed by atoms with Crippen molar-refractivity contribution in [2.24, 2.45) is 0 Å². The second kappa shape index (κ2) is 71.1. The van der Waals surface area contributed by atoms with E-state index in [0.29, 0.717) is 23.9 Å². The Labute approximate surface area is 574 Å². The molecule has 0 fully saturated rings. The Morgan fingerprint density at radius 3 is 0.840 bits per heavy atom. The molecule has 0 aliphatic carbocycles. The molecular formula is C84H128NO8P. The third-order valence-electron chi connectivity index (χ3n) is 13.9. The van der Waals surface area contributed by atoms with Gasteiger partial charge >= 0.3 is 11.9 Å². The summed E-state index contributed by atoms with van der Waals surface area (Å²) in [6.07, 6.45) is 117. The van der Waals surface area contributed by atoms with Gasteiger partial charge in [0.2, 0.25) is 0 Å². The van der Waals surface area contributed by atoms with Crippen LogP contribution in [0, 0.1) is 0 Å². The van der Waals surface area contributed by atoms with Crippen molar-refractivity contribution < 1.29 is 42.1 Å². The van der Waals surface area contributed by atoms with Crippen LogP contribution < -0.4 is 4.89 Å². The van der Waals surface area contributed by atoms with E-state index in [9.17, 15) is 19.0 Å². The van der Waals surface area contributed by atoms with E-state index >= 15 is 0 Å². The van der Waals surface area contributed by atoms with Gasteiger partial charge in [-0.3, -0.25) is 14.2 Å². The molecule has 94 heavy (non-hydrogen) atoms. The van der Waals surface area contributed by atoms with Crippen molar-refractivity contribution in [2.45, 2.75) is 225 Å². The third-order valence-corrected chi connectivity index (χ3v) is 14.8. The minimum absolute atomic E-state index is 0.0555. The molecule has 0 aliphatic heterocycles. The second-order valence-corrected chi connectivity index (χ2v) is 25.2. The van der Waals surface area contributed by atoms with E-state index in [2.05, 4.69) is 257 Å². The summed E-state index contributed by atoms with van der Waals surface area (Å²) in [6.45, 7) is 3.91. The number of esters is 2. The van der Waals surface area contributed by atoms with E-state index in [1.807, 2.05) is 21.1 Å². The first-order valence-corrected chi connectivity index (χ1v) is 37.2. The minimum atomic E-state index is -4.68. The van der Waals surface area contributed by atoms with Crippen LogP contribution in [0.25, 0.3) is 0 Å². The molecule has 0 spiro atoms. The fraction of sp³-hybridized carbons (Fsp3) is 0.500. The average molecular weight is 1310 g/mol. The van der Waals surface area contributed by atoms with Crippen molar-refractivity contribution in [2.75, 3.05) is 47.5 Å². The Kier molecular flexibility index (Phi) is 66.4. The molecule has 0 bridgehead atoms. The Balaban J connectivity index is 4.28. The maximum Gasteiger partial charge on any atom is 0.306 e. The summed E-state index contributed by atoms with van der Waals surface area (Å²) in [5.41, 5.74) is 0. The van der Waals surface area contributed by atoms with Gasteiger partial charge in [-0.2, -0.15) is 0 Å². The molecule has 0 radical (unpaired) electrons. The number of allylic oxidation sites excluding steroid dienone is 40. The highest BCUT2D eigenvalue weighted by Gasteiger charge is 2.22. The Bertz CT molecular complexity index is 2490. The van der Waals surface area contributed by atoms with Crippen LogP contribution in [0.2, 0.25) is 0 Å². The number of ether oxygens (including phenoxy) is 2. The number of carbonyl (C=O) groups excluding carboxylic acids is 2. The number of phosphoric acid groups is 1. The summed E-state index contributed by atoms with van der Waals surface area (Å²) in [4.78, 5) is 38.1. The maximum atomic E-state index is 12.9. The molecule has 0 N–H and O–H groups in total. The number of quaternary nitrogens is 1. The van der Waals surface area contributed by atoms with E-state index in [-0.39, 0.29) is 26.1 Å². The van der Waals surface area contributed by atoms with Crippen LogP contribution in [0.3, 0.4) is 0 Å². The van der Waals surface area contributed by atoms with Crippen molar-refractivity contribution in [3.63, 3.8) is 0 Å². The number of carbonyl (C=O) groups is 2. The van der Waals surface area contributed by atoms with Gasteiger partial charge in [-0.1, -0.05) is 283 Å². The second-order valence-electron chi connectivity index (χ2n) is 23.8. The lowest BCUT2D eigenvalue weighted by molar-refractivity contribution is -0.870. The molecule has 0 saturated carbocycles. The normalized spacial score (nSPS) is 14.6. The topological polar surface area (TPSA) is 111 Å². The summed E-state index contributed by atoms with van der Waals surface area (Å²) >= 11 is 0. The van der Waals surface area contributed by atoms with Crippen LogP contribution in [0.15, 0.2) is 243 Å². The minimum Gasteiger partial charge on any atom is -0.756 e. The summed E-state index contributed by atoms with van der Waals surface area (Å²) in [5.74, 6) is -0.915. The fourth-order valence-corrected chi connectivity index (χ4v) is 9.20. The molecule has 0 saturated heterocycles. The van der Waals surface area contributed by atoms with Crippen LogP contribution in [0.1, 0.15) is 219 Å². The molecule has 0 aliphatic rings. The van der Waals surface area contributed by atoms with E-state index < -0.39 is 32.5 Å². The van der Waals surface area contributed by atoms with Crippen LogP contribution >= 0.6 is 7.82 Å². The number of likely N-dealkylation sites (N-methyl/N-ethyl adjacent to an activating group) is 1. The summed E-state index contributed by atoms with van der Waals surface area (Å²) in [7, 11) is 1.09. The highest BCUT2D eigenvalue weighted by molar-refractivity contribution is 7.45. The molecule has 0 amide bonds. The first kappa shape index (κ1) is 87.8. The number of unbranched alkanes of at least 4 members (excludes halogenated alkanes) is 8. The van der Waals surface area contributed by atoms with Crippen molar-refractivity contribution >= 4 is 19.8 Å². The summed E-state index contributed by atoms with van der Waals surface area (Å²) < 4.78 is 34.2. The lowest BCUT2D eigenvalue weighted by Crippen LogP contribution is -2.37. The first-order valence-electron chi connectivity index (χ1n) is 35.7. The van der Waals surface area contributed by atoms with Crippen molar-refractivity contribution in [3.05, 3.63) is 243 Å². The van der Waals surface area contributed by atoms with Crippen molar-refractivity contribution in [1.82, 2.24) is 0 Å². The monoisotopic (exact) mass is 1310 g/mol. The molecule has 9 nitrogen and oxygen atoms in total. The molecule has 2 atom stereocenters. The Morgan fingerprint density at radius 2 is 0.574 bits per heavy atom. The molecule has 10 heteroatoms. The molecule has 2 unspecified atom stereocenters. The molecule has 0 rings (SSSR count). The number of hydrogen-bond acceptors (Lipinski definition) is 8. The predicted molar refractivity (Wildman–Crippen MR) is 405 cm³/mol. The maximum absolute atomic E-state index is 12.9. The average Bonchev–Trinajstić information content (AvgIpc) is 2.35. The van der Waals surface area contributed by atoms with E-state index in [1.54, 1.807) is 0 Å². The van der Waals surface area contributed by atoms with Crippen LogP contribution in [-0.2, 0) is 32.7 Å². The lowest BCUT2D eigenvalue weighted by Gasteiger charge is -2.28. The molecule has 522 valence electrons. The van der Waals surface area contributed by atoms with Gasteiger partial charge in [0.05, 0.1) is 27.7 Å². The van der Waals surface area contributed by atoms with E-state index in [1.165, 1.54) is 0 Å². The standard InChI is InChI=1S/C84H128NO8P/c1-6-8-10-12-14-16-18-20-22-24-26-28-30-32-34-36-38-40-42-44-46-48-50-52-54-56-58-60-62-64-66-68-70-72-74-76-83(86)90-80-82(81-92-94(88,89)91-79-78-85(3,4)5)93-84(87)77-75-73-71-69-67-65-63-61-59-57-55-53-51-49-47-45-43-41-39-37-35-33-31-29-27-25-23-21-19-17-15-13-11-9-7-2/h8-11,14-17,20-23,26-29,32-35,38-41,44-47,50-53,56-59,62-65,82H,6-7,12-13,18-19,24-25,30-31,36-37,42-43,48-49,54-55,60-61,66-81H2,1-5H3/b10-8-,11-9-,16-14-,17-15-,22-20-,23-21-,28-26-,29-27-,34-32-,35-33-,40-38-,41-39-,46-44-,47-45-,52-50-,53-51-,58-56-,59-57-,64-62-,65-63-. The smallest absolute Gasteiger partial charge is 0.306 e. The summed E-state index contributed by atoms with van der Waals surface area (Å²) in [5, 5.41) is 0. The van der Waals surface area contributed by atoms with Gasteiger partial charge in [0.1, 0.15) is 19.8 Å². The Hall–Kier alpha value is -6.19. The number of nitrogens with zero attached hydrogens (tertiary/aromatic N) is 1. The fourth-order valence-electron chi connectivity index (χ4n) is 8.47. The van der Waals surface area contributed by atoms with Gasteiger partial charge in [-0.25, -0.2) is 0 Å². The van der Waals surface area contributed by atoms with Crippen LogP contribution in [0.5, 0.6) is 0 Å². The zero-order chi connectivity index (χ0) is 68.3. The zero-order valence-electron chi connectivity index (χ0n) is 59.3. The Morgan fingerprint density at radius 1 is 0.330 bits per heavy atom. The molecule has 0 aromatic heterocycles. The lowest BCUT2D eigenvalue weighted by atomic mass is 10.1. The predicted octanol–water partition coefficient (Wildman–Crippen LogP) is 23.3. The highest BCUT2D eigenvalue weighted by Crippen LogP contribution is 2.38. The van der Waals surface area contributed by atoms with Crippen LogP contribution in [-0.4, -0.2) is 70.0 Å².